The van der Waals surface area contributed by atoms with Crippen LogP contribution in [0.5, 0.6) is 0 Å². The van der Waals surface area contributed by atoms with Gasteiger partial charge in [-0.1, -0.05) is 13.8 Å². The highest BCUT2D eigenvalue weighted by atomic mass is 31.1. The molecular weight excluding hydrogens is 379 g/mol. The van der Waals surface area contributed by atoms with E-state index in [-0.39, 0.29) is 12.0 Å². The Morgan fingerprint density at radius 3 is 2.52 bits per heavy atom. The highest BCUT2D eigenvalue weighted by Gasteiger charge is 2.55. The van der Waals surface area contributed by atoms with E-state index in [2.05, 4.69) is 4.98 Å². The maximum Gasteiger partial charge on any atom is 0.328 e. The molecule has 11 heteroatoms. The predicted octanol–water partition coefficient (Wildman–Crippen LogP) is -0.0271. The predicted molar refractivity (Wildman–Crippen MR) is 96.8 cm³/mol. The minimum atomic E-state index is -3.23. The van der Waals surface area contributed by atoms with Crippen molar-refractivity contribution in [1.82, 2.24) is 9.55 Å². The molecule has 0 aromatic carbocycles. The van der Waals surface area contributed by atoms with Crippen LogP contribution in [0.1, 0.15) is 51.7 Å². The minimum absolute atomic E-state index is 0.00243. The molecule has 1 aliphatic heterocycles. The van der Waals surface area contributed by atoms with E-state index in [4.69, 9.17) is 9.26 Å². The normalized spacial score (nSPS) is 29.8. The third-order valence-corrected chi connectivity index (χ3v) is 6.12. The van der Waals surface area contributed by atoms with Crippen LogP contribution < -0.4 is 11.2 Å². The maximum atomic E-state index is 12.4. The number of hydrogen-bond acceptors (Lipinski definition) is 7. The van der Waals surface area contributed by atoms with Crippen molar-refractivity contribution >= 4 is 8.25 Å². The summed E-state index contributed by atoms with van der Waals surface area (Å²) in [6, 6.07) is 0. The highest BCUT2D eigenvalue weighted by Crippen LogP contribution is 2.45. The Hall–Kier alpha value is -1.29. The van der Waals surface area contributed by atoms with Crippen LogP contribution in [0.15, 0.2) is 15.8 Å². The molecule has 10 nitrogen and oxygen atoms in total. The van der Waals surface area contributed by atoms with Crippen LogP contribution in [0.3, 0.4) is 0 Å². The molecule has 2 rings (SSSR count). The van der Waals surface area contributed by atoms with Crippen LogP contribution in [0.4, 0.5) is 0 Å². The molecule has 5 atom stereocenters. The fourth-order valence-corrected chi connectivity index (χ4v) is 4.16. The van der Waals surface area contributed by atoms with Crippen LogP contribution in [0.25, 0.3) is 0 Å². The average Bonchev–Trinajstić information content (AvgIpc) is 2.82. The lowest BCUT2D eigenvalue weighted by molar-refractivity contribution is -0.0934. The van der Waals surface area contributed by atoms with Crippen LogP contribution in [0.2, 0.25) is 0 Å². The number of aromatic amines is 1. The van der Waals surface area contributed by atoms with E-state index >= 15 is 0 Å². The first-order valence-electron chi connectivity index (χ1n) is 8.75. The van der Waals surface area contributed by atoms with E-state index in [0.29, 0.717) is 12.8 Å². The summed E-state index contributed by atoms with van der Waals surface area (Å²) in [5.74, 6) is 0. The Labute approximate surface area is 156 Å². The molecular formula is C16H27N2O8P. The number of hydrogen-bond donors (Lipinski definition) is 4. The lowest BCUT2D eigenvalue weighted by atomic mass is 9.82. The zero-order valence-electron chi connectivity index (χ0n) is 15.8. The molecule has 0 aliphatic carbocycles. The third kappa shape index (κ3) is 4.11. The lowest BCUT2D eigenvalue weighted by Gasteiger charge is -2.36. The number of aliphatic hydroxyl groups excluding tert-OH is 1. The van der Waals surface area contributed by atoms with Gasteiger partial charge in [-0.05, 0) is 19.8 Å². The standard InChI is InChI=1S/C16H27N2O8P/c1-5-16(6-2,26-27(23)24)7-10-15(3,22)12(19)11(25-10)9-8-17-14(21)18(4)13(9)20/h8,10-12,19,22,27H,5-7H2,1-4H3,(H,17,21)(H,23,24)/t10-,11?,12+,15+/m1/s1. The number of aliphatic hydroxyl groups is 2. The van der Waals surface area contributed by atoms with Crippen LogP contribution in [0, 0.1) is 0 Å². The van der Waals surface area contributed by atoms with Crippen LogP contribution >= 0.6 is 8.25 Å². The van der Waals surface area contributed by atoms with Crippen LogP contribution in [-0.2, 0) is 20.9 Å². The Morgan fingerprint density at radius 2 is 2.00 bits per heavy atom. The molecule has 1 fully saturated rings. The molecule has 1 aromatic rings. The number of ether oxygens (including phenoxy) is 1. The van der Waals surface area contributed by atoms with Crippen molar-refractivity contribution in [3.63, 3.8) is 0 Å². The number of nitrogens with zero attached hydrogens (tertiary/aromatic N) is 1. The van der Waals surface area contributed by atoms with Gasteiger partial charge in [0.1, 0.15) is 17.8 Å². The second-order valence-corrected chi connectivity index (χ2v) is 7.83. The van der Waals surface area contributed by atoms with Crippen molar-refractivity contribution in [2.45, 2.75) is 69.5 Å². The first-order valence-corrected chi connectivity index (χ1v) is 10.0. The van der Waals surface area contributed by atoms with Gasteiger partial charge >= 0.3 is 13.9 Å². The number of H-pyrrole nitrogens is 1. The molecule has 4 N–H and O–H groups in total. The Bertz CT molecular complexity index is 813. The summed E-state index contributed by atoms with van der Waals surface area (Å²) >= 11 is 0. The first kappa shape index (κ1) is 22.0. The molecule has 2 heterocycles. The van der Waals surface area contributed by atoms with Gasteiger partial charge in [-0.2, -0.15) is 0 Å². The largest absolute Gasteiger partial charge is 0.387 e. The molecule has 154 valence electrons. The van der Waals surface area contributed by atoms with Gasteiger partial charge in [-0.3, -0.25) is 13.9 Å². The topological polar surface area (TPSA) is 151 Å². The van der Waals surface area contributed by atoms with Gasteiger partial charge in [0.25, 0.3) is 5.56 Å². The quantitative estimate of drug-likeness (QED) is 0.461. The second-order valence-electron chi connectivity index (χ2n) is 7.09. The maximum absolute atomic E-state index is 12.4. The van der Waals surface area contributed by atoms with Gasteiger partial charge in [0, 0.05) is 19.7 Å². The Kier molecular flexibility index (Phi) is 6.51. The summed E-state index contributed by atoms with van der Waals surface area (Å²) in [4.78, 5) is 35.5. The molecule has 0 saturated carbocycles. The smallest absolute Gasteiger partial charge is 0.328 e. The lowest BCUT2D eigenvalue weighted by Crippen LogP contribution is -2.48. The van der Waals surface area contributed by atoms with E-state index in [1.165, 1.54) is 14.0 Å². The molecule has 0 spiro atoms. The number of aromatic nitrogens is 2. The van der Waals surface area contributed by atoms with E-state index in [0.717, 1.165) is 10.8 Å². The summed E-state index contributed by atoms with van der Waals surface area (Å²) in [5, 5.41) is 21.4. The average molecular weight is 406 g/mol. The second kappa shape index (κ2) is 7.98. The summed E-state index contributed by atoms with van der Waals surface area (Å²) < 4.78 is 23.2. The van der Waals surface area contributed by atoms with Crippen LogP contribution in [-0.4, -0.2) is 48.1 Å². The fourth-order valence-electron chi connectivity index (χ4n) is 3.42. The van der Waals surface area contributed by atoms with Crippen molar-refractivity contribution in [2.75, 3.05) is 0 Å². The fraction of sp³-hybridized carbons (Fsp3) is 0.750. The van der Waals surface area contributed by atoms with Gasteiger partial charge < -0.3 is 29.4 Å². The van der Waals surface area contributed by atoms with Gasteiger partial charge in [0.15, 0.2) is 0 Å². The van der Waals surface area contributed by atoms with Crippen molar-refractivity contribution in [3.05, 3.63) is 32.6 Å². The summed E-state index contributed by atoms with van der Waals surface area (Å²) in [6.45, 7) is 4.93. The van der Waals surface area contributed by atoms with E-state index < -0.39 is 49.0 Å². The van der Waals surface area contributed by atoms with Gasteiger partial charge in [-0.25, -0.2) is 4.79 Å². The summed E-state index contributed by atoms with van der Waals surface area (Å²) in [7, 11) is -1.95. The monoisotopic (exact) mass is 406 g/mol. The van der Waals surface area contributed by atoms with Gasteiger partial charge in [0.2, 0.25) is 0 Å². The zero-order valence-corrected chi connectivity index (χ0v) is 16.8. The van der Waals surface area contributed by atoms with Crippen molar-refractivity contribution in [1.29, 1.82) is 0 Å². The van der Waals surface area contributed by atoms with Gasteiger partial charge in [-0.15, -0.1) is 0 Å². The Balaban J connectivity index is 2.39. The summed E-state index contributed by atoms with van der Waals surface area (Å²) in [5.41, 5.74) is -4.02. The van der Waals surface area contributed by atoms with Crippen molar-refractivity contribution < 1.29 is 28.9 Å². The van der Waals surface area contributed by atoms with Gasteiger partial charge in [0.05, 0.1) is 17.3 Å². The minimum Gasteiger partial charge on any atom is -0.387 e. The van der Waals surface area contributed by atoms with Crippen molar-refractivity contribution in [3.8, 4) is 0 Å². The molecule has 1 aliphatic rings. The summed E-state index contributed by atoms with van der Waals surface area (Å²) in [6.07, 6.45) is -1.60. The molecule has 1 saturated heterocycles. The number of rotatable bonds is 7. The van der Waals surface area contributed by atoms with E-state index in [1.807, 2.05) is 0 Å². The first-order chi connectivity index (χ1) is 12.5. The molecule has 2 unspecified atom stereocenters. The van der Waals surface area contributed by atoms with E-state index in [9.17, 15) is 29.3 Å². The number of nitrogens with one attached hydrogen (secondary N) is 1. The highest BCUT2D eigenvalue weighted by molar-refractivity contribution is 7.32. The zero-order chi connectivity index (χ0) is 20.6. The molecule has 1 aromatic heterocycles. The Morgan fingerprint density at radius 1 is 1.41 bits per heavy atom. The SMILES string of the molecule is CCC(CC)(C[C@H]1OC(c2c[nH]c(=O)n(C)c2=O)[C@H](O)[C@@]1(C)O)O[PH](=O)O. The molecule has 0 amide bonds. The van der Waals surface area contributed by atoms with Crippen molar-refractivity contribution in [2.24, 2.45) is 7.05 Å². The molecule has 27 heavy (non-hydrogen) atoms. The third-order valence-electron chi connectivity index (χ3n) is 5.51. The molecule has 0 bridgehead atoms. The molecule has 0 radical (unpaired) electrons. The van der Waals surface area contributed by atoms with E-state index in [1.54, 1.807) is 13.8 Å².